The predicted molar refractivity (Wildman–Crippen MR) is 86.5 cm³/mol. The molecule has 0 unspecified atom stereocenters. The molecule has 0 aliphatic heterocycles. The molecule has 0 fully saturated rings. The Labute approximate surface area is 133 Å². The molecule has 0 aliphatic rings. The Morgan fingerprint density at radius 3 is 2.29 bits per heavy atom. The van der Waals surface area contributed by atoms with Gasteiger partial charge in [-0.05, 0) is 45.4 Å². The van der Waals surface area contributed by atoms with Gasteiger partial charge < -0.3 is 15.4 Å². The van der Waals surface area contributed by atoms with Crippen LogP contribution in [0.2, 0.25) is 0 Å². The van der Waals surface area contributed by atoms with Crippen molar-refractivity contribution in [2.75, 3.05) is 5.32 Å². The first-order valence-electron chi connectivity index (χ1n) is 6.66. The summed E-state index contributed by atoms with van der Waals surface area (Å²) in [6.07, 6.45) is -0.611. The number of carbonyl (C=O) groups is 2. The van der Waals surface area contributed by atoms with Gasteiger partial charge in [0, 0.05) is 11.0 Å². The Morgan fingerprint density at radius 1 is 1.24 bits per heavy atom. The van der Waals surface area contributed by atoms with Crippen molar-refractivity contribution in [3.63, 3.8) is 0 Å². The fourth-order valence-electron chi connectivity index (χ4n) is 1.48. The van der Waals surface area contributed by atoms with E-state index in [9.17, 15) is 9.59 Å². The number of rotatable bonds is 4. The van der Waals surface area contributed by atoms with Crippen molar-refractivity contribution >= 4 is 33.6 Å². The number of hydrogen-bond donors (Lipinski definition) is 2. The molecule has 1 rings (SSSR count). The number of ether oxygens (including phenoxy) is 1. The number of anilines is 1. The van der Waals surface area contributed by atoms with Gasteiger partial charge in [-0.15, -0.1) is 0 Å². The molecule has 0 spiro atoms. The molecule has 0 radical (unpaired) electrons. The van der Waals surface area contributed by atoms with Crippen LogP contribution in [0.25, 0.3) is 0 Å². The molecule has 1 aromatic carbocycles. The third kappa shape index (κ3) is 6.62. The summed E-state index contributed by atoms with van der Waals surface area (Å²) < 4.78 is 5.10. The van der Waals surface area contributed by atoms with E-state index in [1.165, 1.54) is 0 Å². The second-order valence-corrected chi connectivity index (χ2v) is 6.25. The SMILES string of the molecule is C[C@H](NC(=O)OC(C)(C)C)C(=O)Nc1ccc(CBr)cc1. The molecule has 0 saturated carbocycles. The maximum Gasteiger partial charge on any atom is 0.408 e. The van der Waals surface area contributed by atoms with Crippen LogP contribution in [0.15, 0.2) is 24.3 Å². The summed E-state index contributed by atoms with van der Waals surface area (Å²) in [7, 11) is 0. The molecular weight excluding hydrogens is 336 g/mol. The highest BCUT2D eigenvalue weighted by Crippen LogP contribution is 2.12. The minimum absolute atomic E-state index is 0.299. The van der Waals surface area contributed by atoms with Crippen molar-refractivity contribution in [2.45, 2.75) is 44.7 Å². The van der Waals surface area contributed by atoms with E-state index in [1.807, 2.05) is 24.3 Å². The third-order valence-electron chi connectivity index (χ3n) is 2.50. The lowest BCUT2D eigenvalue weighted by Gasteiger charge is -2.21. The second-order valence-electron chi connectivity index (χ2n) is 5.69. The second kappa shape index (κ2) is 7.45. The maximum atomic E-state index is 12.0. The number of nitrogens with one attached hydrogen (secondary N) is 2. The first kappa shape index (κ1) is 17.5. The van der Waals surface area contributed by atoms with E-state index < -0.39 is 17.7 Å². The van der Waals surface area contributed by atoms with Crippen LogP contribution in [0, 0.1) is 0 Å². The summed E-state index contributed by atoms with van der Waals surface area (Å²) in [4.78, 5) is 23.6. The summed E-state index contributed by atoms with van der Waals surface area (Å²) >= 11 is 3.36. The standard InChI is InChI=1S/C15H21BrN2O3/c1-10(17-14(20)21-15(2,3)4)13(19)18-12-7-5-11(9-16)6-8-12/h5-8,10H,9H2,1-4H3,(H,17,20)(H,18,19)/t10-/m0/s1. The lowest BCUT2D eigenvalue weighted by atomic mass is 10.2. The zero-order valence-corrected chi connectivity index (χ0v) is 14.3. The number of alkyl carbamates (subject to hydrolysis) is 1. The van der Waals surface area contributed by atoms with Crippen molar-refractivity contribution in [1.82, 2.24) is 5.32 Å². The van der Waals surface area contributed by atoms with Gasteiger partial charge in [-0.25, -0.2) is 4.79 Å². The smallest absolute Gasteiger partial charge is 0.408 e. The molecule has 21 heavy (non-hydrogen) atoms. The summed E-state index contributed by atoms with van der Waals surface area (Å²) in [6, 6.07) is 6.77. The number of halogens is 1. The monoisotopic (exact) mass is 356 g/mol. The Balaban J connectivity index is 2.52. The average molecular weight is 357 g/mol. The average Bonchev–Trinajstić information content (AvgIpc) is 2.37. The molecule has 0 saturated heterocycles. The number of hydrogen-bond acceptors (Lipinski definition) is 3. The molecule has 6 heteroatoms. The number of benzene rings is 1. The number of amides is 2. The molecule has 1 atom stereocenters. The van der Waals surface area contributed by atoms with Crippen LogP contribution in [0.3, 0.4) is 0 Å². The topological polar surface area (TPSA) is 67.4 Å². The van der Waals surface area contributed by atoms with E-state index in [0.717, 1.165) is 10.9 Å². The van der Waals surface area contributed by atoms with Crippen molar-refractivity contribution in [3.05, 3.63) is 29.8 Å². The molecule has 2 N–H and O–H groups in total. The zero-order valence-electron chi connectivity index (χ0n) is 12.7. The normalized spacial score (nSPS) is 12.4. The van der Waals surface area contributed by atoms with Crippen molar-refractivity contribution < 1.29 is 14.3 Å². The van der Waals surface area contributed by atoms with Crippen LogP contribution < -0.4 is 10.6 Å². The number of alkyl halides is 1. The van der Waals surface area contributed by atoms with Gasteiger partial charge >= 0.3 is 6.09 Å². The summed E-state index contributed by atoms with van der Waals surface area (Å²) in [6.45, 7) is 6.90. The zero-order chi connectivity index (χ0) is 16.0. The van der Waals surface area contributed by atoms with Crippen LogP contribution >= 0.6 is 15.9 Å². The van der Waals surface area contributed by atoms with Gasteiger partial charge in [0.15, 0.2) is 0 Å². The van der Waals surface area contributed by atoms with Gasteiger partial charge in [0.1, 0.15) is 11.6 Å². The molecule has 5 nitrogen and oxygen atoms in total. The lowest BCUT2D eigenvalue weighted by Crippen LogP contribution is -2.43. The van der Waals surface area contributed by atoms with Crippen LogP contribution in [0.5, 0.6) is 0 Å². The first-order valence-corrected chi connectivity index (χ1v) is 7.78. The molecule has 0 bridgehead atoms. The van der Waals surface area contributed by atoms with Crippen LogP contribution in [-0.2, 0) is 14.9 Å². The lowest BCUT2D eigenvalue weighted by molar-refractivity contribution is -0.117. The van der Waals surface area contributed by atoms with Crippen molar-refractivity contribution in [2.24, 2.45) is 0 Å². The van der Waals surface area contributed by atoms with E-state index in [2.05, 4.69) is 26.6 Å². The first-order chi connectivity index (χ1) is 9.71. The van der Waals surface area contributed by atoms with E-state index in [1.54, 1.807) is 27.7 Å². The highest BCUT2D eigenvalue weighted by Gasteiger charge is 2.20. The van der Waals surface area contributed by atoms with Crippen molar-refractivity contribution in [3.8, 4) is 0 Å². The highest BCUT2D eigenvalue weighted by atomic mass is 79.9. The molecule has 1 aromatic rings. The summed E-state index contributed by atoms with van der Waals surface area (Å²) in [5.74, 6) is -0.299. The predicted octanol–water partition coefficient (Wildman–Crippen LogP) is 3.43. The Kier molecular flexibility index (Phi) is 6.20. The van der Waals surface area contributed by atoms with Gasteiger partial charge in [0.25, 0.3) is 0 Å². The van der Waals surface area contributed by atoms with Gasteiger partial charge in [0.2, 0.25) is 5.91 Å². The van der Waals surface area contributed by atoms with E-state index in [4.69, 9.17) is 4.74 Å². The Bertz CT molecular complexity index is 495. The fraction of sp³-hybridized carbons (Fsp3) is 0.467. The van der Waals surface area contributed by atoms with E-state index in [0.29, 0.717) is 5.69 Å². The fourth-order valence-corrected chi connectivity index (χ4v) is 1.85. The van der Waals surface area contributed by atoms with Crippen LogP contribution in [-0.4, -0.2) is 23.6 Å². The Hall–Kier alpha value is -1.56. The quantitative estimate of drug-likeness (QED) is 0.812. The van der Waals surface area contributed by atoms with E-state index >= 15 is 0 Å². The highest BCUT2D eigenvalue weighted by molar-refractivity contribution is 9.08. The Morgan fingerprint density at radius 2 is 1.81 bits per heavy atom. The number of carbonyl (C=O) groups excluding carboxylic acids is 2. The largest absolute Gasteiger partial charge is 0.444 e. The minimum atomic E-state index is -0.685. The van der Waals surface area contributed by atoms with Crippen LogP contribution in [0.1, 0.15) is 33.3 Å². The van der Waals surface area contributed by atoms with Crippen LogP contribution in [0.4, 0.5) is 10.5 Å². The molecule has 116 valence electrons. The molecule has 2 amide bonds. The third-order valence-corrected chi connectivity index (χ3v) is 3.15. The molecular formula is C15H21BrN2O3. The summed E-state index contributed by atoms with van der Waals surface area (Å²) in [5.41, 5.74) is 1.21. The van der Waals surface area contributed by atoms with Gasteiger partial charge in [-0.3, -0.25) is 4.79 Å². The van der Waals surface area contributed by atoms with Gasteiger partial charge in [-0.1, -0.05) is 28.1 Å². The van der Waals surface area contributed by atoms with Gasteiger partial charge in [0.05, 0.1) is 0 Å². The van der Waals surface area contributed by atoms with Crippen molar-refractivity contribution in [1.29, 1.82) is 0 Å². The van der Waals surface area contributed by atoms with Gasteiger partial charge in [-0.2, -0.15) is 0 Å². The molecule has 0 heterocycles. The van der Waals surface area contributed by atoms with E-state index in [-0.39, 0.29) is 5.91 Å². The molecule has 0 aliphatic carbocycles. The minimum Gasteiger partial charge on any atom is -0.444 e. The maximum absolute atomic E-state index is 12.0. The summed E-state index contributed by atoms with van der Waals surface area (Å²) in [5, 5.41) is 6.00. The molecule has 0 aromatic heterocycles.